The van der Waals surface area contributed by atoms with E-state index in [4.69, 9.17) is 4.42 Å². The Morgan fingerprint density at radius 1 is 1.61 bits per heavy atom. The number of ether oxygens (including phenoxy) is 1. The molecule has 0 saturated heterocycles. The van der Waals surface area contributed by atoms with Crippen LogP contribution in [0.5, 0.6) is 0 Å². The van der Waals surface area contributed by atoms with Gasteiger partial charge in [-0.15, -0.1) is 11.3 Å². The Morgan fingerprint density at radius 3 is 2.94 bits per heavy atom. The first-order valence-corrected chi connectivity index (χ1v) is 5.86. The minimum Gasteiger partial charge on any atom is -0.460 e. The van der Waals surface area contributed by atoms with Crippen LogP contribution in [0.2, 0.25) is 0 Å². The zero-order valence-corrected chi connectivity index (χ0v) is 10.0. The number of thiazole rings is 1. The highest BCUT2D eigenvalue weighted by atomic mass is 32.1. The van der Waals surface area contributed by atoms with Gasteiger partial charge in [0.1, 0.15) is 4.88 Å². The molecule has 0 unspecified atom stereocenters. The fraction of sp³-hybridized carbons (Fsp3) is 0.300. The maximum absolute atomic E-state index is 12.7. The lowest BCUT2D eigenvalue weighted by Gasteiger charge is -1.99. The van der Waals surface area contributed by atoms with Crippen LogP contribution in [0.15, 0.2) is 16.1 Å². The Morgan fingerprint density at radius 2 is 2.39 bits per heavy atom. The third-order valence-electron chi connectivity index (χ3n) is 1.96. The highest BCUT2D eigenvalue weighted by Crippen LogP contribution is 2.30. The van der Waals surface area contributed by atoms with Gasteiger partial charge in [0.15, 0.2) is 5.69 Å². The molecule has 2 aromatic heterocycles. The van der Waals surface area contributed by atoms with Crippen LogP contribution in [0, 0.1) is 0 Å². The van der Waals surface area contributed by atoms with Gasteiger partial charge in [0, 0.05) is 0 Å². The van der Waals surface area contributed by atoms with Crippen molar-refractivity contribution in [2.45, 2.75) is 13.3 Å². The van der Waals surface area contributed by atoms with E-state index in [1.807, 2.05) is 0 Å². The Balaban J connectivity index is 2.42. The molecule has 8 heteroatoms. The summed E-state index contributed by atoms with van der Waals surface area (Å²) in [5.74, 6) is -1.57. The first-order valence-electron chi connectivity index (χ1n) is 4.98. The topological polar surface area (TPSA) is 65.2 Å². The summed E-state index contributed by atoms with van der Waals surface area (Å²) in [6.07, 6.45) is -1.49. The van der Waals surface area contributed by atoms with Gasteiger partial charge in [-0.1, -0.05) is 0 Å². The fourth-order valence-corrected chi connectivity index (χ4v) is 1.79. The number of oxazole rings is 1. The van der Waals surface area contributed by atoms with Gasteiger partial charge in [-0.2, -0.15) is 0 Å². The second-order valence-electron chi connectivity index (χ2n) is 3.12. The lowest BCUT2D eigenvalue weighted by Crippen LogP contribution is -2.06. The molecule has 0 aliphatic heterocycles. The minimum absolute atomic E-state index is 0.0594. The molecule has 0 aliphatic rings. The van der Waals surface area contributed by atoms with E-state index in [2.05, 4.69) is 14.7 Å². The van der Waals surface area contributed by atoms with E-state index in [9.17, 15) is 13.6 Å². The summed E-state index contributed by atoms with van der Waals surface area (Å²) in [4.78, 5) is 19.3. The number of carbonyl (C=O) groups excluding carboxylic acids is 1. The van der Waals surface area contributed by atoms with Crippen LogP contribution in [-0.2, 0) is 4.74 Å². The van der Waals surface area contributed by atoms with Crippen LogP contribution in [0.1, 0.15) is 29.6 Å². The molecule has 0 saturated carbocycles. The van der Waals surface area contributed by atoms with Crippen molar-refractivity contribution in [3.8, 4) is 10.8 Å². The molecule has 0 aliphatic carbocycles. The monoisotopic (exact) mass is 274 g/mol. The van der Waals surface area contributed by atoms with E-state index in [0.29, 0.717) is 4.88 Å². The van der Waals surface area contributed by atoms with Crippen LogP contribution in [-0.4, -0.2) is 22.5 Å². The van der Waals surface area contributed by atoms with Crippen LogP contribution in [0.4, 0.5) is 8.78 Å². The Hall–Kier alpha value is -1.83. The molecule has 2 heterocycles. The fourth-order valence-electron chi connectivity index (χ4n) is 1.25. The smallest absolute Gasteiger partial charge is 0.376 e. The van der Waals surface area contributed by atoms with Crippen molar-refractivity contribution >= 4 is 17.3 Å². The summed E-state index contributed by atoms with van der Waals surface area (Å²) in [6, 6.07) is 0. The molecule has 0 atom stereocenters. The molecule has 5 nitrogen and oxygen atoms in total. The Labute approximate surface area is 104 Å². The summed E-state index contributed by atoms with van der Waals surface area (Å²) in [5, 5.41) is 0. The van der Waals surface area contributed by atoms with Crippen molar-refractivity contribution in [1.82, 2.24) is 9.97 Å². The predicted octanol–water partition coefficient (Wildman–Crippen LogP) is 2.91. The third kappa shape index (κ3) is 2.37. The number of hydrogen-bond acceptors (Lipinski definition) is 6. The van der Waals surface area contributed by atoms with Gasteiger partial charge in [-0.05, 0) is 6.92 Å². The molecule has 0 radical (unpaired) electrons. The van der Waals surface area contributed by atoms with Crippen molar-refractivity contribution in [3.05, 3.63) is 23.2 Å². The highest BCUT2D eigenvalue weighted by molar-refractivity contribution is 7.13. The third-order valence-corrected chi connectivity index (χ3v) is 2.73. The van der Waals surface area contributed by atoms with E-state index in [1.165, 1.54) is 23.0 Å². The zero-order valence-electron chi connectivity index (χ0n) is 9.22. The van der Waals surface area contributed by atoms with Crippen LogP contribution < -0.4 is 0 Å². The van der Waals surface area contributed by atoms with E-state index in [-0.39, 0.29) is 12.5 Å². The van der Waals surface area contributed by atoms with E-state index in [1.54, 1.807) is 6.92 Å². The molecule has 2 aromatic rings. The van der Waals surface area contributed by atoms with Crippen molar-refractivity contribution < 1.29 is 22.7 Å². The molecule has 0 fully saturated rings. The Bertz CT molecular complexity index is 539. The van der Waals surface area contributed by atoms with E-state index >= 15 is 0 Å². The number of esters is 1. The summed E-state index contributed by atoms with van der Waals surface area (Å²) < 4.78 is 35.2. The maximum atomic E-state index is 12.7. The van der Waals surface area contributed by atoms with Gasteiger partial charge >= 0.3 is 5.97 Å². The second-order valence-corrected chi connectivity index (χ2v) is 4.01. The molecule has 0 amide bonds. The van der Waals surface area contributed by atoms with Gasteiger partial charge in [0.25, 0.3) is 6.43 Å². The predicted molar refractivity (Wildman–Crippen MR) is 58.5 cm³/mol. The molecule has 0 spiro atoms. The first-order chi connectivity index (χ1) is 8.63. The lowest BCUT2D eigenvalue weighted by molar-refractivity contribution is 0.0476. The SMILES string of the molecule is CCOC(=O)c1oc(-c2cncs2)nc1C(F)F. The van der Waals surface area contributed by atoms with Crippen molar-refractivity contribution in [3.63, 3.8) is 0 Å². The number of nitrogens with zero attached hydrogens (tertiary/aromatic N) is 2. The number of aromatic nitrogens is 2. The average molecular weight is 274 g/mol. The normalized spacial score (nSPS) is 10.9. The first kappa shape index (κ1) is 12.6. The van der Waals surface area contributed by atoms with Crippen molar-refractivity contribution in [2.75, 3.05) is 6.61 Å². The second kappa shape index (κ2) is 5.21. The summed E-state index contributed by atoms with van der Waals surface area (Å²) in [7, 11) is 0. The zero-order chi connectivity index (χ0) is 13.1. The standard InChI is InChI=1S/C10H8F2N2O3S/c1-2-16-10(15)7-6(8(11)12)14-9(17-7)5-3-13-4-18-5/h3-4,8H,2H2,1H3. The number of carbonyl (C=O) groups is 1. The average Bonchev–Trinajstić information content (AvgIpc) is 2.98. The molecule has 18 heavy (non-hydrogen) atoms. The lowest BCUT2D eigenvalue weighted by atomic mass is 10.3. The van der Waals surface area contributed by atoms with Gasteiger partial charge in [-0.3, -0.25) is 4.98 Å². The van der Waals surface area contributed by atoms with E-state index < -0.39 is 23.8 Å². The molecule has 0 N–H and O–H groups in total. The Kier molecular flexibility index (Phi) is 3.66. The van der Waals surface area contributed by atoms with Gasteiger partial charge in [0.05, 0.1) is 18.3 Å². The van der Waals surface area contributed by atoms with E-state index in [0.717, 1.165) is 0 Å². The summed E-state index contributed by atoms with van der Waals surface area (Å²) in [5.41, 5.74) is 0.794. The number of alkyl halides is 2. The number of hydrogen-bond donors (Lipinski definition) is 0. The largest absolute Gasteiger partial charge is 0.460 e. The van der Waals surface area contributed by atoms with Crippen molar-refractivity contribution in [1.29, 1.82) is 0 Å². The maximum Gasteiger partial charge on any atom is 0.376 e. The summed E-state index contributed by atoms with van der Waals surface area (Å²) in [6.45, 7) is 1.64. The molecule has 96 valence electrons. The number of halogens is 2. The number of rotatable bonds is 4. The molecule has 0 bridgehead atoms. The highest BCUT2D eigenvalue weighted by Gasteiger charge is 2.28. The van der Waals surface area contributed by atoms with Gasteiger partial charge < -0.3 is 9.15 Å². The van der Waals surface area contributed by atoms with Crippen LogP contribution in [0.3, 0.4) is 0 Å². The van der Waals surface area contributed by atoms with Crippen molar-refractivity contribution in [2.24, 2.45) is 0 Å². The minimum atomic E-state index is -2.91. The molecular formula is C10H8F2N2O3S. The quantitative estimate of drug-likeness (QED) is 0.802. The van der Waals surface area contributed by atoms with Crippen LogP contribution >= 0.6 is 11.3 Å². The molecule has 2 rings (SSSR count). The summed E-state index contributed by atoms with van der Waals surface area (Å²) >= 11 is 1.17. The van der Waals surface area contributed by atoms with Crippen LogP contribution in [0.25, 0.3) is 10.8 Å². The molecular weight excluding hydrogens is 266 g/mol. The van der Waals surface area contributed by atoms with Gasteiger partial charge in [-0.25, -0.2) is 18.6 Å². The van der Waals surface area contributed by atoms with Gasteiger partial charge in [0.2, 0.25) is 11.7 Å². The molecule has 0 aromatic carbocycles.